The Labute approximate surface area is 112 Å². The fourth-order valence-electron chi connectivity index (χ4n) is 1.98. The Morgan fingerprint density at radius 3 is 2.32 bits per heavy atom. The van der Waals surface area contributed by atoms with Crippen molar-refractivity contribution in [2.45, 2.75) is 33.1 Å². The Bertz CT molecular complexity index is 395. The lowest BCUT2D eigenvalue weighted by molar-refractivity contribution is -0.131. The van der Waals surface area contributed by atoms with Crippen molar-refractivity contribution in [3.05, 3.63) is 12.2 Å². The molecule has 0 atom stereocenters. The Hall–Kier alpha value is -1.85. The predicted molar refractivity (Wildman–Crippen MR) is 69.5 cm³/mol. The van der Waals surface area contributed by atoms with Crippen molar-refractivity contribution < 1.29 is 19.5 Å². The van der Waals surface area contributed by atoms with Gasteiger partial charge in [-0.2, -0.15) is 0 Å². The largest absolute Gasteiger partial charge is 0.478 e. The molecular formula is C13H20N2O4. The van der Waals surface area contributed by atoms with Crippen LogP contribution in [-0.2, 0) is 9.59 Å². The third kappa shape index (κ3) is 4.73. The van der Waals surface area contributed by atoms with Gasteiger partial charge in [-0.1, -0.05) is 20.3 Å². The van der Waals surface area contributed by atoms with Crippen molar-refractivity contribution in [1.82, 2.24) is 10.2 Å². The zero-order chi connectivity index (χ0) is 14.5. The number of rotatable bonds is 3. The van der Waals surface area contributed by atoms with E-state index in [1.165, 1.54) is 0 Å². The van der Waals surface area contributed by atoms with Gasteiger partial charge in [-0.05, 0) is 18.3 Å². The van der Waals surface area contributed by atoms with Gasteiger partial charge in [0.15, 0.2) is 0 Å². The van der Waals surface area contributed by atoms with E-state index in [1.54, 1.807) is 4.90 Å². The molecule has 0 aromatic rings. The van der Waals surface area contributed by atoms with E-state index < -0.39 is 17.9 Å². The highest BCUT2D eigenvalue weighted by Crippen LogP contribution is 2.33. The standard InChI is InChI=1S/C13H20N2O4/c1-3-13(2)6-8-15(9-7-13)12(19)14-10(16)4-5-11(17)18/h4-5H,3,6-9H2,1-2H3,(H,17,18)(H,14,16,19). The molecule has 1 heterocycles. The number of amides is 3. The van der Waals surface area contributed by atoms with E-state index in [0.29, 0.717) is 19.2 Å². The van der Waals surface area contributed by atoms with Gasteiger partial charge in [0.2, 0.25) is 0 Å². The van der Waals surface area contributed by atoms with Crippen molar-refractivity contribution >= 4 is 17.9 Å². The normalized spacial score (nSPS) is 18.3. The summed E-state index contributed by atoms with van der Waals surface area (Å²) in [5.74, 6) is -1.93. The smallest absolute Gasteiger partial charge is 0.328 e. The average Bonchev–Trinajstić information content (AvgIpc) is 2.37. The monoisotopic (exact) mass is 268 g/mol. The molecule has 0 bridgehead atoms. The van der Waals surface area contributed by atoms with Crippen LogP contribution in [0.2, 0.25) is 0 Å². The number of carbonyl (C=O) groups is 3. The van der Waals surface area contributed by atoms with Gasteiger partial charge in [-0.25, -0.2) is 9.59 Å². The van der Waals surface area contributed by atoms with Crippen LogP contribution in [0.15, 0.2) is 12.2 Å². The molecule has 19 heavy (non-hydrogen) atoms. The fourth-order valence-corrected chi connectivity index (χ4v) is 1.98. The molecule has 1 aliphatic rings. The van der Waals surface area contributed by atoms with Crippen LogP contribution in [0.5, 0.6) is 0 Å². The van der Waals surface area contributed by atoms with Crippen LogP contribution in [0, 0.1) is 5.41 Å². The summed E-state index contributed by atoms with van der Waals surface area (Å²) in [6.07, 6.45) is 4.43. The van der Waals surface area contributed by atoms with E-state index in [1.807, 2.05) is 0 Å². The predicted octanol–water partition coefficient (Wildman–Crippen LogP) is 1.38. The zero-order valence-corrected chi connectivity index (χ0v) is 11.3. The maximum atomic E-state index is 11.8. The molecular weight excluding hydrogens is 248 g/mol. The summed E-state index contributed by atoms with van der Waals surface area (Å²) in [5, 5.41) is 10.5. The van der Waals surface area contributed by atoms with Gasteiger partial charge < -0.3 is 10.0 Å². The highest BCUT2D eigenvalue weighted by atomic mass is 16.4. The van der Waals surface area contributed by atoms with E-state index in [9.17, 15) is 14.4 Å². The molecule has 6 heteroatoms. The molecule has 3 amide bonds. The number of nitrogens with one attached hydrogen (secondary N) is 1. The maximum absolute atomic E-state index is 11.8. The molecule has 0 aromatic heterocycles. The van der Waals surface area contributed by atoms with E-state index in [4.69, 9.17) is 5.11 Å². The van der Waals surface area contributed by atoms with Crippen LogP contribution in [0.1, 0.15) is 33.1 Å². The van der Waals surface area contributed by atoms with Gasteiger partial charge in [0.1, 0.15) is 0 Å². The van der Waals surface area contributed by atoms with Crippen LogP contribution in [0.25, 0.3) is 0 Å². The Kier molecular flexibility index (Phi) is 5.09. The molecule has 0 unspecified atom stereocenters. The molecule has 0 saturated carbocycles. The summed E-state index contributed by atoms with van der Waals surface area (Å²) in [5.41, 5.74) is 0.268. The van der Waals surface area contributed by atoms with Gasteiger partial charge in [0, 0.05) is 25.2 Å². The van der Waals surface area contributed by atoms with Crippen LogP contribution >= 0.6 is 0 Å². The lowest BCUT2D eigenvalue weighted by atomic mass is 9.78. The van der Waals surface area contributed by atoms with Gasteiger partial charge in [0.25, 0.3) is 5.91 Å². The Morgan fingerprint density at radius 1 is 1.26 bits per heavy atom. The first kappa shape index (κ1) is 15.2. The number of hydrogen-bond donors (Lipinski definition) is 2. The van der Waals surface area contributed by atoms with Crippen molar-refractivity contribution in [2.24, 2.45) is 5.41 Å². The highest BCUT2D eigenvalue weighted by molar-refractivity contribution is 6.02. The second kappa shape index (κ2) is 6.36. The number of aliphatic carboxylic acids is 1. The van der Waals surface area contributed by atoms with Crippen molar-refractivity contribution in [3.8, 4) is 0 Å². The molecule has 6 nitrogen and oxygen atoms in total. The minimum atomic E-state index is -1.22. The fraction of sp³-hybridized carbons (Fsp3) is 0.615. The molecule has 2 N–H and O–H groups in total. The van der Waals surface area contributed by atoms with E-state index >= 15 is 0 Å². The minimum absolute atomic E-state index is 0.268. The Morgan fingerprint density at radius 2 is 1.84 bits per heavy atom. The maximum Gasteiger partial charge on any atom is 0.328 e. The number of imide groups is 1. The number of urea groups is 1. The summed E-state index contributed by atoms with van der Waals surface area (Å²) in [6, 6.07) is -0.460. The summed E-state index contributed by atoms with van der Waals surface area (Å²) in [7, 11) is 0. The molecule has 0 aromatic carbocycles. The quantitative estimate of drug-likeness (QED) is 0.757. The molecule has 0 radical (unpaired) electrons. The summed E-state index contributed by atoms with van der Waals surface area (Å²) in [6.45, 7) is 5.57. The number of carboxylic acid groups (broad SMARTS) is 1. The molecule has 1 aliphatic heterocycles. The lowest BCUT2D eigenvalue weighted by Crippen LogP contribution is -2.47. The third-order valence-corrected chi connectivity index (χ3v) is 3.72. The van der Waals surface area contributed by atoms with Gasteiger partial charge in [0.05, 0.1) is 0 Å². The Balaban J connectivity index is 2.44. The number of carboxylic acids is 1. The molecule has 1 rings (SSSR count). The number of piperidine rings is 1. The van der Waals surface area contributed by atoms with Gasteiger partial charge in [-0.3, -0.25) is 10.1 Å². The van der Waals surface area contributed by atoms with E-state index in [-0.39, 0.29) is 5.41 Å². The molecule has 1 fully saturated rings. The van der Waals surface area contributed by atoms with Crippen LogP contribution in [-0.4, -0.2) is 41.0 Å². The van der Waals surface area contributed by atoms with E-state index in [0.717, 1.165) is 25.3 Å². The molecule has 0 spiro atoms. The number of nitrogens with zero attached hydrogens (tertiary/aromatic N) is 1. The second-order valence-electron chi connectivity index (χ2n) is 5.12. The third-order valence-electron chi connectivity index (χ3n) is 3.72. The first-order valence-corrected chi connectivity index (χ1v) is 6.37. The lowest BCUT2D eigenvalue weighted by Gasteiger charge is -2.38. The first-order chi connectivity index (χ1) is 8.86. The SMILES string of the molecule is CCC1(C)CCN(C(=O)NC(=O)C=CC(=O)O)CC1. The van der Waals surface area contributed by atoms with Crippen LogP contribution < -0.4 is 5.32 Å². The molecule has 106 valence electrons. The van der Waals surface area contributed by atoms with Crippen LogP contribution in [0.4, 0.5) is 4.79 Å². The summed E-state index contributed by atoms with van der Waals surface area (Å²) in [4.78, 5) is 34.9. The number of hydrogen-bond acceptors (Lipinski definition) is 3. The van der Waals surface area contributed by atoms with Crippen molar-refractivity contribution in [3.63, 3.8) is 0 Å². The summed E-state index contributed by atoms with van der Waals surface area (Å²) < 4.78 is 0. The zero-order valence-electron chi connectivity index (χ0n) is 11.3. The number of likely N-dealkylation sites (tertiary alicyclic amines) is 1. The van der Waals surface area contributed by atoms with Crippen molar-refractivity contribution in [2.75, 3.05) is 13.1 Å². The molecule has 1 saturated heterocycles. The first-order valence-electron chi connectivity index (χ1n) is 6.37. The molecule has 0 aliphatic carbocycles. The van der Waals surface area contributed by atoms with E-state index in [2.05, 4.69) is 19.2 Å². The second-order valence-corrected chi connectivity index (χ2v) is 5.12. The highest BCUT2D eigenvalue weighted by Gasteiger charge is 2.30. The topological polar surface area (TPSA) is 86.7 Å². The van der Waals surface area contributed by atoms with Crippen LogP contribution in [0.3, 0.4) is 0 Å². The number of carbonyl (C=O) groups excluding carboxylic acids is 2. The van der Waals surface area contributed by atoms with Gasteiger partial charge in [-0.15, -0.1) is 0 Å². The average molecular weight is 268 g/mol. The van der Waals surface area contributed by atoms with Crippen molar-refractivity contribution in [1.29, 1.82) is 0 Å². The minimum Gasteiger partial charge on any atom is -0.478 e. The summed E-state index contributed by atoms with van der Waals surface area (Å²) >= 11 is 0. The van der Waals surface area contributed by atoms with Gasteiger partial charge >= 0.3 is 12.0 Å².